The van der Waals surface area contributed by atoms with Gasteiger partial charge in [-0.3, -0.25) is 38.4 Å². The van der Waals surface area contributed by atoms with Crippen LogP contribution in [0.5, 0.6) is 0 Å². The van der Waals surface area contributed by atoms with Gasteiger partial charge in [0, 0.05) is 97.3 Å². The first kappa shape index (κ1) is 69.9. The highest BCUT2D eigenvalue weighted by molar-refractivity contribution is 6.62. The van der Waals surface area contributed by atoms with Gasteiger partial charge in [0.2, 0.25) is 0 Å². The van der Waals surface area contributed by atoms with Gasteiger partial charge in [-0.25, -0.2) is 18.3 Å². The molecular weight excluding hydrogens is 1440 g/mol. The smallest absolute Gasteiger partial charge is 0.266 e. The van der Waals surface area contributed by atoms with Gasteiger partial charge in [0.1, 0.15) is 0 Å². The molecule has 0 N–H and O–H groups in total. The van der Waals surface area contributed by atoms with E-state index in [-0.39, 0.29) is 85.0 Å². The predicted octanol–water partition coefficient (Wildman–Crippen LogP) is 22.6. The summed E-state index contributed by atoms with van der Waals surface area (Å²) in [5, 5.41) is 14.2. The molecule has 0 spiro atoms. The van der Waals surface area contributed by atoms with Crippen molar-refractivity contribution in [1.82, 2.24) is 22.8 Å². The fraction of sp³-hybridized carbons (Fsp3) is 0.243. The van der Waals surface area contributed by atoms with Crippen molar-refractivity contribution in [3.05, 3.63) is 278 Å². The molecule has 22 rings (SSSR count). The summed E-state index contributed by atoms with van der Waals surface area (Å²) >= 11 is 0. The van der Waals surface area contributed by atoms with Crippen LogP contribution in [0.15, 0.2) is 184 Å². The summed E-state index contributed by atoms with van der Waals surface area (Å²) in [6.45, 7) is 35.2. The van der Waals surface area contributed by atoms with Crippen LogP contribution in [0.3, 0.4) is 0 Å². The van der Waals surface area contributed by atoms with E-state index in [2.05, 4.69) is 127 Å². The van der Waals surface area contributed by atoms with Crippen LogP contribution >= 0.6 is 0 Å². The largest absolute Gasteiger partial charge is 0.309 e. The Labute approximate surface area is 663 Å². The molecule has 0 aliphatic rings. The van der Waals surface area contributed by atoms with Crippen LogP contribution < -0.4 is 44.5 Å². The molecular formula is C103H83N5O8. The van der Waals surface area contributed by atoms with Crippen molar-refractivity contribution in [1.29, 1.82) is 0 Å². The highest BCUT2D eigenvalue weighted by Crippen LogP contribution is 2.62. The van der Waals surface area contributed by atoms with Gasteiger partial charge in [0.05, 0.1) is 55.3 Å². The molecule has 5 aromatic heterocycles. The van der Waals surface area contributed by atoms with Crippen molar-refractivity contribution in [3.63, 3.8) is 0 Å². The van der Waals surface area contributed by atoms with E-state index < -0.39 is 44.5 Å². The summed E-state index contributed by atoms with van der Waals surface area (Å²) in [5.74, 6) is -1.20. The first-order valence-electron chi connectivity index (χ1n) is 41.2. The van der Waals surface area contributed by atoms with E-state index in [4.69, 9.17) is 0 Å². The highest BCUT2D eigenvalue weighted by atomic mass is 16.2. The average Bonchev–Trinajstić information content (AvgIpc) is 1.01. The molecule has 17 aromatic carbocycles. The minimum Gasteiger partial charge on any atom is -0.309 e. The fourth-order valence-corrected chi connectivity index (χ4v) is 22.0. The molecule has 0 aliphatic heterocycles. The minimum absolute atomic E-state index is 0.114. The number of fused-ring (bicyclic) bond motifs is 5. The van der Waals surface area contributed by atoms with Crippen LogP contribution in [0, 0.1) is 6.92 Å². The van der Waals surface area contributed by atoms with E-state index in [0.717, 1.165) is 55.8 Å². The van der Waals surface area contributed by atoms with Crippen molar-refractivity contribution in [3.8, 4) is 28.4 Å². The maximum Gasteiger partial charge on any atom is 0.266 e. The number of aromatic nitrogens is 5. The van der Waals surface area contributed by atoms with E-state index in [1.54, 1.807) is 0 Å². The molecule has 0 atom stereocenters. The summed E-state index contributed by atoms with van der Waals surface area (Å²) in [6, 6.07) is 47.5. The van der Waals surface area contributed by atoms with E-state index in [9.17, 15) is 0 Å². The molecule has 0 fully saturated rings. The van der Waals surface area contributed by atoms with Crippen LogP contribution in [0.1, 0.15) is 208 Å². The second kappa shape index (κ2) is 23.3. The third kappa shape index (κ3) is 8.25. The maximum atomic E-state index is 18.1. The lowest BCUT2D eigenvalue weighted by Gasteiger charge is -2.29. The SMILES string of the molecule is Cc1ccc(-n2c3cc4c(=O)n(-c5c(C(C)C)cccc5C(C)C)c(=O)c5cc6c7c8c(=O)n(-c9c(C(C)C)cccc9C(C)C)c(=O)c9ccc%10c%11ccc%12c(=O)n(-c%13c(C(C)C)cccc%13C(C)C)c(=O)c%13cc%14c%15c%16c(=O)n(-c%17c(C(C)C)cccc%17C(C)C)c(=O)c%17cc2c2c(c%17%16)c(c6c(c54)c23)c%15c7c(c%10c98)c%14c%11c%12%13)cc1. The minimum atomic E-state index is -0.583. The lowest BCUT2D eigenvalue weighted by atomic mass is 9.73. The molecule has 22 aromatic rings. The van der Waals surface area contributed by atoms with Crippen LogP contribution in [0.25, 0.3) is 201 Å². The summed E-state index contributed by atoms with van der Waals surface area (Å²) in [7, 11) is 0. The second-order valence-electron chi connectivity index (χ2n) is 36.0. The van der Waals surface area contributed by atoms with E-state index in [0.29, 0.717) is 158 Å². The molecule has 0 saturated heterocycles. The molecule has 0 unspecified atom stereocenters. The predicted molar refractivity (Wildman–Crippen MR) is 483 cm³/mol. The van der Waals surface area contributed by atoms with E-state index >= 15 is 38.4 Å². The lowest BCUT2D eigenvalue weighted by Crippen LogP contribution is -2.34. The number of aryl methyl sites for hydroxylation is 1. The molecule has 13 heteroatoms. The molecule has 0 saturated carbocycles. The fourth-order valence-electron chi connectivity index (χ4n) is 22.0. The summed E-state index contributed by atoms with van der Waals surface area (Å²) in [5.41, 5.74) is 7.15. The van der Waals surface area contributed by atoms with E-state index in [1.165, 1.54) is 18.3 Å². The van der Waals surface area contributed by atoms with E-state index in [1.807, 2.05) is 140 Å². The van der Waals surface area contributed by atoms with Crippen LogP contribution in [0.2, 0.25) is 0 Å². The van der Waals surface area contributed by atoms with Crippen molar-refractivity contribution in [2.24, 2.45) is 0 Å². The topological polar surface area (TPSA) is 161 Å². The normalized spacial score (nSPS) is 13.2. The number of pyridine rings is 4. The van der Waals surface area contributed by atoms with Gasteiger partial charge in [0.25, 0.3) is 44.5 Å². The Bertz CT molecular complexity index is 8560. The standard InChI is InChI=1S/C103H83N5O8/c1-42(2)52-22-18-23-53(43(3)4)92(52)105-96(109)62-36-34-60-61-35-37-63-76-75(61)85-77-64(38-66(98(105)111)72(62)74(60)77)79-89-87-78-65(80(88(85)89)90(76)102(115)107(97(63)110)94-56(46(9)10)26-20-27-57(94)47(11)12)39-67-73-68(100(113)106(99(67)112)93-54(44(5)6)24-19-25-55(93)45(7)8)40-70-82(84(73)78)83-71(104(70)51-32-30-50(17)31-33-51)41-69-81(86(83)87)91(79)103(116)108(101(69)114)95-58(48(13)14)28-21-29-59(95)49(15)16/h18-49H,1-17H3. The highest BCUT2D eigenvalue weighted by Gasteiger charge is 2.40. The van der Waals surface area contributed by atoms with Gasteiger partial charge in [-0.05, 0) is 196 Å². The quantitative estimate of drug-likeness (QED) is 0.0814. The molecule has 0 amide bonds. The Morgan fingerprint density at radius 3 is 0.767 bits per heavy atom. The third-order valence-corrected chi connectivity index (χ3v) is 27.0. The summed E-state index contributed by atoms with van der Waals surface area (Å²) in [4.78, 5) is 138. The van der Waals surface area contributed by atoms with Gasteiger partial charge in [-0.2, -0.15) is 0 Å². The molecule has 568 valence electrons. The number of rotatable bonds is 13. The third-order valence-electron chi connectivity index (χ3n) is 27.0. The molecule has 116 heavy (non-hydrogen) atoms. The molecule has 13 nitrogen and oxygen atoms in total. The molecule has 0 aliphatic carbocycles. The Morgan fingerprint density at radius 1 is 0.190 bits per heavy atom. The average molecular weight is 1520 g/mol. The number of nitrogens with zero attached hydrogens (tertiary/aromatic N) is 5. The van der Waals surface area contributed by atoms with Gasteiger partial charge < -0.3 is 4.57 Å². The zero-order valence-corrected chi connectivity index (χ0v) is 68.0. The summed E-state index contributed by atoms with van der Waals surface area (Å²) in [6.07, 6.45) is 0. The Balaban J connectivity index is 1.13. The Kier molecular flexibility index (Phi) is 14.0. The zero-order valence-electron chi connectivity index (χ0n) is 68.0. The van der Waals surface area contributed by atoms with Crippen LogP contribution in [-0.2, 0) is 0 Å². The number of benzene rings is 17. The van der Waals surface area contributed by atoms with Gasteiger partial charge in [-0.1, -0.05) is 213 Å². The van der Waals surface area contributed by atoms with Crippen LogP contribution in [-0.4, -0.2) is 22.8 Å². The van der Waals surface area contributed by atoms with Crippen molar-refractivity contribution in [2.45, 2.75) is 165 Å². The zero-order chi connectivity index (χ0) is 80.7. The maximum absolute atomic E-state index is 18.1. The second-order valence-corrected chi connectivity index (χ2v) is 36.0. The first-order chi connectivity index (χ1) is 55.6. The van der Waals surface area contributed by atoms with Crippen molar-refractivity contribution >= 4 is 173 Å². The van der Waals surface area contributed by atoms with Crippen LogP contribution in [0.4, 0.5) is 0 Å². The number of hydrogen-bond donors (Lipinski definition) is 0. The lowest BCUT2D eigenvalue weighted by molar-refractivity contribution is 0.792. The van der Waals surface area contributed by atoms with Crippen molar-refractivity contribution in [2.75, 3.05) is 0 Å². The van der Waals surface area contributed by atoms with Gasteiger partial charge >= 0.3 is 0 Å². The monoisotopic (exact) mass is 1520 g/mol. The Morgan fingerprint density at radius 2 is 0.414 bits per heavy atom. The molecule has 0 bridgehead atoms. The molecule has 5 heterocycles. The molecule has 0 radical (unpaired) electrons. The van der Waals surface area contributed by atoms with Gasteiger partial charge in [-0.15, -0.1) is 0 Å². The van der Waals surface area contributed by atoms with Crippen molar-refractivity contribution < 1.29 is 0 Å². The Hall–Kier alpha value is -12.7. The number of hydrogen-bond acceptors (Lipinski definition) is 8. The number of para-hydroxylation sites is 4. The first-order valence-corrected chi connectivity index (χ1v) is 41.2. The summed E-state index contributed by atoms with van der Waals surface area (Å²) < 4.78 is 7.76. The van der Waals surface area contributed by atoms with Gasteiger partial charge in [0.15, 0.2) is 0 Å².